The SMILES string of the molecule is C=CCn1c(SCC(=O)Nc2sc3c(c2C(N)=O)CCC(C)C3)nnc1-c1cc(-c2ccccc2)nc2ccccc12. The van der Waals surface area contributed by atoms with Crippen molar-refractivity contribution in [3.8, 4) is 22.6 Å². The zero-order valence-electron chi connectivity index (χ0n) is 23.2. The summed E-state index contributed by atoms with van der Waals surface area (Å²) in [7, 11) is 0. The van der Waals surface area contributed by atoms with Gasteiger partial charge >= 0.3 is 0 Å². The fourth-order valence-corrected chi connectivity index (χ4v) is 7.58. The molecule has 10 heteroatoms. The minimum Gasteiger partial charge on any atom is -0.365 e. The van der Waals surface area contributed by atoms with Gasteiger partial charge < -0.3 is 11.1 Å². The maximum atomic E-state index is 13.1. The predicted molar refractivity (Wildman–Crippen MR) is 170 cm³/mol. The van der Waals surface area contributed by atoms with Gasteiger partial charge in [0.25, 0.3) is 5.91 Å². The van der Waals surface area contributed by atoms with Gasteiger partial charge in [-0.05, 0) is 42.9 Å². The Morgan fingerprint density at radius 1 is 1.17 bits per heavy atom. The molecule has 3 aromatic heterocycles. The number of thiophene rings is 1. The molecular formula is C32H30N6O2S2. The second kappa shape index (κ2) is 11.9. The van der Waals surface area contributed by atoms with Gasteiger partial charge in [0.15, 0.2) is 11.0 Å². The van der Waals surface area contributed by atoms with Crippen LogP contribution in [0.2, 0.25) is 0 Å². The van der Waals surface area contributed by atoms with Gasteiger partial charge in [0.2, 0.25) is 5.91 Å². The zero-order valence-corrected chi connectivity index (χ0v) is 24.8. The molecule has 0 radical (unpaired) electrons. The first-order valence-corrected chi connectivity index (χ1v) is 15.6. The first kappa shape index (κ1) is 27.9. The summed E-state index contributed by atoms with van der Waals surface area (Å²) in [6.45, 7) is 6.60. The van der Waals surface area contributed by atoms with Gasteiger partial charge in [0, 0.05) is 27.9 Å². The molecule has 6 rings (SSSR count). The number of carbonyl (C=O) groups excluding carboxylic acids is 2. The number of thioether (sulfide) groups is 1. The molecule has 0 saturated heterocycles. The lowest BCUT2D eigenvalue weighted by Crippen LogP contribution is -2.20. The highest BCUT2D eigenvalue weighted by molar-refractivity contribution is 7.99. The Bertz CT molecular complexity index is 1810. The molecule has 212 valence electrons. The number of aromatic nitrogens is 4. The average molecular weight is 595 g/mol. The number of hydrogen-bond acceptors (Lipinski definition) is 7. The van der Waals surface area contributed by atoms with Gasteiger partial charge in [0.1, 0.15) is 5.00 Å². The van der Waals surface area contributed by atoms with E-state index >= 15 is 0 Å². The first-order valence-electron chi connectivity index (χ1n) is 13.8. The minimum atomic E-state index is -0.500. The van der Waals surface area contributed by atoms with Crippen LogP contribution < -0.4 is 11.1 Å². The second-order valence-corrected chi connectivity index (χ2v) is 12.4. The maximum Gasteiger partial charge on any atom is 0.251 e. The molecule has 0 aliphatic heterocycles. The van der Waals surface area contributed by atoms with Crippen molar-refractivity contribution in [1.29, 1.82) is 0 Å². The topological polar surface area (TPSA) is 116 Å². The quantitative estimate of drug-likeness (QED) is 0.152. The molecule has 1 aliphatic carbocycles. The summed E-state index contributed by atoms with van der Waals surface area (Å²) in [4.78, 5) is 31.4. The molecule has 0 saturated carbocycles. The molecule has 2 aromatic carbocycles. The summed E-state index contributed by atoms with van der Waals surface area (Å²) in [5, 5.41) is 14.1. The molecule has 42 heavy (non-hydrogen) atoms. The lowest BCUT2D eigenvalue weighted by molar-refractivity contribution is -0.113. The number of anilines is 1. The van der Waals surface area contributed by atoms with E-state index in [0.717, 1.165) is 57.4 Å². The van der Waals surface area contributed by atoms with Crippen LogP contribution in [0.3, 0.4) is 0 Å². The summed E-state index contributed by atoms with van der Waals surface area (Å²) in [6, 6.07) is 20.0. The van der Waals surface area contributed by atoms with Crippen molar-refractivity contribution in [2.45, 2.75) is 37.9 Å². The molecule has 3 N–H and O–H groups in total. The van der Waals surface area contributed by atoms with Crippen LogP contribution in [0, 0.1) is 5.92 Å². The van der Waals surface area contributed by atoms with Crippen molar-refractivity contribution in [3.05, 3.63) is 89.3 Å². The van der Waals surface area contributed by atoms with Crippen LogP contribution >= 0.6 is 23.1 Å². The number of carbonyl (C=O) groups is 2. The third-order valence-corrected chi connectivity index (χ3v) is 9.54. The largest absolute Gasteiger partial charge is 0.365 e. The van der Waals surface area contributed by atoms with Gasteiger partial charge in [-0.2, -0.15) is 0 Å². The zero-order chi connectivity index (χ0) is 29.2. The molecule has 1 atom stereocenters. The molecule has 3 heterocycles. The highest BCUT2D eigenvalue weighted by Gasteiger charge is 2.27. The second-order valence-electron chi connectivity index (χ2n) is 10.4. The smallest absolute Gasteiger partial charge is 0.251 e. The van der Waals surface area contributed by atoms with Crippen LogP contribution in [-0.4, -0.2) is 37.3 Å². The average Bonchev–Trinajstić information content (AvgIpc) is 3.56. The van der Waals surface area contributed by atoms with E-state index in [0.29, 0.717) is 34.0 Å². The Balaban J connectivity index is 1.28. The number of nitrogens with two attached hydrogens (primary N) is 1. The van der Waals surface area contributed by atoms with Gasteiger partial charge in [-0.1, -0.05) is 73.3 Å². The van der Waals surface area contributed by atoms with Crippen LogP contribution in [0.5, 0.6) is 0 Å². The van der Waals surface area contributed by atoms with E-state index in [2.05, 4.69) is 29.0 Å². The van der Waals surface area contributed by atoms with Crippen molar-refractivity contribution in [3.63, 3.8) is 0 Å². The Kier molecular flexibility index (Phi) is 7.90. The molecular weight excluding hydrogens is 565 g/mol. The van der Waals surface area contributed by atoms with Crippen LogP contribution in [0.25, 0.3) is 33.5 Å². The van der Waals surface area contributed by atoms with Crippen LogP contribution in [0.1, 0.15) is 34.1 Å². The fourth-order valence-electron chi connectivity index (χ4n) is 5.40. The van der Waals surface area contributed by atoms with Crippen LogP contribution in [0.4, 0.5) is 5.00 Å². The van der Waals surface area contributed by atoms with E-state index in [1.165, 1.54) is 23.1 Å². The van der Waals surface area contributed by atoms with Gasteiger partial charge in [-0.3, -0.25) is 14.2 Å². The molecule has 1 aliphatic rings. The molecule has 0 fully saturated rings. The predicted octanol–water partition coefficient (Wildman–Crippen LogP) is 6.36. The molecule has 5 aromatic rings. The standard InChI is InChI=1S/C32H30N6O2S2/c1-3-15-38-30(23-17-25(20-9-5-4-6-10-20)34-24-12-8-7-11-21(23)24)36-37-32(38)41-18-27(39)35-31-28(29(33)40)22-14-13-19(2)16-26(22)42-31/h3-12,17,19H,1,13-16,18H2,2H3,(H2,33,40)(H,35,39). The Labute approximate surface area is 252 Å². The van der Waals surface area contributed by atoms with Gasteiger partial charge in [-0.25, -0.2) is 4.98 Å². The lowest BCUT2D eigenvalue weighted by atomic mass is 9.88. The van der Waals surface area contributed by atoms with E-state index in [4.69, 9.17) is 10.7 Å². The number of para-hydroxylation sites is 1. The number of fused-ring (bicyclic) bond motifs is 2. The van der Waals surface area contributed by atoms with E-state index in [-0.39, 0.29) is 11.7 Å². The van der Waals surface area contributed by atoms with E-state index < -0.39 is 5.91 Å². The van der Waals surface area contributed by atoms with Gasteiger partial charge in [0.05, 0.1) is 22.5 Å². The number of nitrogens with zero attached hydrogens (tertiary/aromatic N) is 4. The third-order valence-electron chi connectivity index (χ3n) is 7.40. The monoisotopic (exact) mass is 594 g/mol. The number of allylic oxidation sites excluding steroid dienone is 1. The summed E-state index contributed by atoms with van der Waals surface area (Å²) in [5.74, 6) is 0.579. The lowest BCUT2D eigenvalue weighted by Gasteiger charge is -2.18. The normalized spacial score (nSPS) is 14.5. The summed E-state index contributed by atoms with van der Waals surface area (Å²) >= 11 is 2.75. The summed E-state index contributed by atoms with van der Waals surface area (Å²) in [5.41, 5.74) is 10.8. The number of primary amides is 1. The maximum absolute atomic E-state index is 13.1. The Morgan fingerprint density at radius 3 is 2.74 bits per heavy atom. The number of nitrogens with one attached hydrogen (secondary N) is 1. The van der Waals surface area contributed by atoms with E-state index in [9.17, 15) is 9.59 Å². The van der Waals surface area contributed by atoms with Crippen molar-refractivity contribution in [2.24, 2.45) is 11.7 Å². The minimum absolute atomic E-state index is 0.0960. The number of amides is 2. The number of pyridine rings is 1. The Morgan fingerprint density at radius 2 is 1.95 bits per heavy atom. The molecule has 0 spiro atoms. The van der Waals surface area contributed by atoms with E-state index in [1.54, 1.807) is 6.08 Å². The summed E-state index contributed by atoms with van der Waals surface area (Å²) in [6.07, 6.45) is 4.50. The molecule has 0 bridgehead atoms. The highest BCUT2D eigenvalue weighted by Crippen LogP contribution is 2.40. The number of benzene rings is 2. The van der Waals surface area contributed by atoms with Crippen molar-refractivity contribution in [2.75, 3.05) is 11.1 Å². The van der Waals surface area contributed by atoms with Crippen molar-refractivity contribution >= 4 is 50.8 Å². The number of hydrogen-bond donors (Lipinski definition) is 2. The molecule has 8 nitrogen and oxygen atoms in total. The number of rotatable bonds is 9. The fraction of sp³-hybridized carbons (Fsp3) is 0.219. The van der Waals surface area contributed by atoms with E-state index in [1.807, 2.05) is 65.2 Å². The molecule has 1 unspecified atom stereocenters. The Hall–Kier alpha value is -4.28. The third kappa shape index (κ3) is 5.47. The summed E-state index contributed by atoms with van der Waals surface area (Å²) < 4.78 is 1.96. The van der Waals surface area contributed by atoms with Crippen molar-refractivity contribution in [1.82, 2.24) is 19.7 Å². The highest BCUT2D eigenvalue weighted by atomic mass is 32.2. The van der Waals surface area contributed by atoms with Crippen molar-refractivity contribution < 1.29 is 9.59 Å². The van der Waals surface area contributed by atoms with Gasteiger partial charge in [-0.15, -0.1) is 28.1 Å². The van der Waals surface area contributed by atoms with Crippen LogP contribution in [-0.2, 0) is 24.2 Å². The van der Waals surface area contributed by atoms with Crippen LogP contribution in [0.15, 0.2) is 78.5 Å². The first-order chi connectivity index (χ1) is 20.4. The molecule has 2 amide bonds.